The van der Waals surface area contributed by atoms with Gasteiger partial charge in [-0.3, -0.25) is 4.79 Å². The molecule has 2 rings (SSSR count). The molecule has 0 radical (unpaired) electrons. The van der Waals surface area contributed by atoms with E-state index in [-0.39, 0.29) is 11.8 Å². The summed E-state index contributed by atoms with van der Waals surface area (Å²) >= 11 is 0. The number of nitrogens with zero attached hydrogens (tertiary/aromatic N) is 2. The van der Waals surface area contributed by atoms with E-state index >= 15 is 0 Å². The fourth-order valence-electron chi connectivity index (χ4n) is 2.19. The van der Waals surface area contributed by atoms with Crippen molar-refractivity contribution in [2.24, 2.45) is 11.1 Å². The summed E-state index contributed by atoms with van der Waals surface area (Å²) in [6.45, 7) is 5.08. The van der Waals surface area contributed by atoms with Crippen molar-refractivity contribution >= 4 is 11.6 Å². The first-order valence-corrected chi connectivity index (χ1v) is 6.24. The third-order valence-corrected chi connectivity index (χ3v) is 3.34. The average Bonchev–Trinajstić information content (AvgIpc) is 2.86. The maximum atomic E-state index is 12.2. The number of likely N-dealkylation sites (tertiary alicyclic amines) is 1. The van der Waals surface area contributed by atoms with E-state index in [1.807, 2.05) is 19.9 Å². The Labute approximate surface area is 106 Å². The summed E-state index contributed by atoms with van der Waals surface area (Å²) in [7, 11) is 0. The number of furan rings is 1. The Hall–Kier alpha value is -1.78. The predicted octanol–water partition coefficient (Wildman–Crippen LogP) is 2.15. The summed E-state index contributed by atoms with van der Waals surface area (Å²) in [6, 6.07) is 3.56. The Morgan fingerprint density at radius 2 is 2.39 bits per heavy atom. The molecule has 0 aromatic carbocycles. The molecule has 1 N–H and O–H groups in total. The highest BCUT2D eigenvalue weighted by atomic mass is 16.4. The molecule has 1 saturated heterocycles. The predicted molar refractivity (Wildman–Crippen MR) is 67.0 cm³/mol. The highest BCUT2D eigenvalue weighted by Gasteiger charge is 2.27. The molecule has 18 heavy (non-hydrogen) atoms. The van der Waals surface area contributed by atoms with Crippen LogP contribution in [-0.2, 0) is 6.42 Å². The van der Waals surface area contributed by atoms with E-state index in [2.05, 4.69) is 5.16 Å². The number of carbonyl (C=O) groups is 1. The lowest BCUT2D eigenvalue weighted by molar-refractivity contribution is 0.0700. The number of hydrogen-bond acceptors (Lipinski definition) is 4. The number of carbonyl (C=O) groups excluding carboxylic acids is 1. The van der Waals surface area contributed by atoms with Crippen molar-refractivity contribution in [1.82, 2.24) is 4.90 Å². The molecular weight excluding hydrogens is 232 g/mol. The SMILES string of the molecule is CCc1ccc(C(=O)N2CC/C(=N/O)C(C)C2)o1. The van der Waals surface area contributed by atoms with Crippen molar-refractivity contribution in [3.63, 3.8) is 0 Å². The molecule has 0 saturated carbocycles. The molecular formula is C13H18N2O3. The molecule has 1 amide bonds. The summed E-state index contributed by atoms with van der Waals surface area (Å²) in [5.41, 5.74) is 0.757. The van der Waals surface area contributed by atoms with Gasteiger partial charge in [0.2, 0.25) is 0 Å². The van der Waals surface area contributed by atoms with Gasteiger partial charge in [-0.25, -0.2) is 0 Å². The van der Waals surface area contributed by atoms with Crippen LogP contribution in [0.1, 0.15) is 36.6 Å². The molecule has 1 unspecified atom stereocenters. The lowest BCUT2D eigenvalue weighted by Crippen LogP contribution is -2.43. The number of rotatable bonds is 2. The fraction of sp³-hybridized carbons (Fsp3) is 0.538. The monoisotopic (exact) mass is 250 g/mol. The highest BCUT2D eigenvalue weighted by Crippen LogP contribution is 2.18. The summed E-state index contributed by atoms with van der Waals surface area (Å²) in [4.78, 5) is 13.9. The van der Waals surface area contributed by atoms with Crippen molar-refractivity contribution in [2.75, 3.05) is 13.1 Å². The molecule has 1 atom stereocenters. The second-order valence-corrected chi connectivity index (χ2v) is 4.61. The van der Waals surface area contributed by atoms with Gasteiger partial charge in [0.25, 0.3) is 5.91 Å². The Morgan fingerprint density at radius 1 is 1.61 bits per heavy atom. The maximum absolute atomic E-state index is 12.2. The van der Waals surface area contributed by atoms with Crippen molar-refractivity contribution in [1.29, 1.82) is 0 Å². The van der Waals surface area contributed by atoms with Crippen LogP contribution in [0.25, 0.3) is 0 Å². The Balaban J connectivity index is 2.06. The van der Waals surface area contributed by atoms with E-state index in [0.29, 0.717) is 25.3 Å². The van der Waals surface area contributed by atoms with Crippen LogP contribution < -0.4 is 0 Å². The Kier molecular flexibility index (Phi) is 3.69. The summed E-state index contributed by atoms with van der Waals surface area (Å²) < 4.78 is 5.47. The van der Waals surface area contributed by atoms with Gasteiger partial charge in [-0.1, -0.05) is 19.0 Å². The number of oxime groups is 1. The summed E-state index contributed by atoms with van der Waals surface area (Å²) in [6.07, 6.45) is 1.40. The lowest BCUT2D eigenvalue weighted by atomic mass is 9.97. The van der Waals surface area contributed by atoms with Gasteiger partial charge in [-0.05, 0) is 12.1 Å². The van der Waals surface area contributed by atoms with Gasteiger partial charge in [0, 0.05) is 31.8 Å². The zero-order chi connectivity index (χ0) is 13.1. The zero-order valence-corrected chi connectivity index (χ0v) is 10.7. The van der Waals surface area contributed by atoms with Gasteiger partial charge in [0.1, 0.15) is 5.76 Å². The van der Waals surface area contributed by atoms with Crippen LogP contribution >= 0.6 is 0 Å². The summed E-state index contributed by atoms with van der Waals surface area (Å²) in [5.74, 6) is 1.22. The van der Waals surface area contributed by atoms with Crippen molar-refractivity contribution in [3.8, 4) is 0 Å². The standard InChI is InChI=1S/C13H18N2O3/c1-3-10-4-5-12(18-10)13(16)15-7-6-11(14-17)9(2)8-15/h4-5,9,17H,3,6-8H2,1-2H3/b14-11-. The van der Waals surface area contributed by atoms with Crippen molar-refractivity contribution in [3.05, 3.63) is 23.7 Å². The van der Waals surface area contributed by atoms with Crippen LogP contribution in [-0.4, -0.2) is 34.8 Å². The first-order chi connectivity index (χ1) is 8.65. The number of hydrogen-bond donors (Lipinski definition) is 1. The van der Waals surface area contributed by atoms with Crippen LogP contribution in [0.15, 0.2) is 21.7 Å². The van der Waals surface area contributed by atoms with E-state index in [1.165, 1.54) is 0 Å². The van der Waals surface area contributed by atoms with E-state index in [0.717, 1.165) is 17.9 Å². The molecule has 1 aromatic heterocycles. The molecule has 1 aliphatic rings. The highest BCUT2D eigenvalue weighted by molar-refractivity contribution is 5.94. The minimum Gasteiger partial charge on any atom is -0.456 e. The Morgan fingerprint density at radius 3 is 2.94 bits per heavy atom. The molecule has 1 fully saturated rings. The second kappa shape index (κ2) is 5.25. The van der Waals surface area contributed by atoms with Crippen molar-refractivity contribution in [2.45, 2.75) is 26.7 Å². The molecule has 98 valence electrons. The van der Waals surface area contributed by atoms with Crippen LogP contribution in [0.5, 0.6) is 0 Å². The van der Waals surface area contributed by atoms with Gasteiger partial charge in [0.05, 0.1) is 5.71 Å². The van der Waals surface area contributed by atoms with E-state index in [4.69, 9.17) is 9.62 Å². The lowest BCUT2D eigenvalue weighted by Gasteiger charge is -2.30. The Bertz CT molecular complexity index is 465. The summed E-state index contributed by atoms with van der Waals surface area (Å²) in [5, 5.41) is 12.1. The molecule has 1 aliphatic heterocycles. The quantitative estimate of drug-likeness (QED) is 0.646. The molecule has 0 bridgehead atoms. The number of aryl methyl sites for hydroxylation is 1. The second-order valence-electron chi connectivity index (χ2n) is 4.61. The van der Waals surface area contributed by atoms with E-state index < -0.39 is 0 Å². The van der Waals surface area contributed by atoms with Gasteiger partial charge < -0.3 is 14.5 Å². The zero-order valence-electron chi connectivity index (χ0n) is 10.7. The largest absolute Gasteiger partial charge is 0.456 e. The normalized spacial score (nSPS) is 22.4. The molecule has 0 spiro atoms. The molecule has 5 nitrogen and oxygen atoms in total. The van der Waals surface area contributed by atoms with Crippen molar-refractivity contribution < 1.29 is 14.4 Å². The molecule has 1 aromatic rings. The van der Waals surface area contributed by atoms with Crippen LogP contribution in [0.3, 0.4) is 0 Å². The third-order valence-electron chi connectivity index (χ3n) is 3.34. The minimum atomic E-state index is -0.0847. The van der Waals surface area contributed by atoms with E-state index in [9.17, 15) is 4.79 Å². The van der Waals surface area contributed by atoms with Crippen LogP contribution in [0.2, 0.25) is 0 Å². The van der Waals surface area contributed by atoms with Gasteiger partial charge in [0.15, 0.2) is 5.76 Å². The van der Waals surface area contributed by atoms with Crippen LogP contribution in [0, 0.1) is 5.92 Å². The first kappa shape index (κ1) is 12.7. The molecule has 0 aliphatic carbocycles. The fourth-order valence-corrected chi connectivity index (χ4v) is 2.19. The van der Waals surface area contributed by atoms with Crippen LogP contribution in [0.4, 0.5) is 0 Å². The van der Waals surface area contributed by atoms with Gasteiger partial charge in [-0.2, -0.15) is 0 Å². The third kappa shape index (κ3) is 2.39. The molecule has 2 heterocycles. The smallest absolute Gasteiger partial charge is 0.289 e. The average molecular weight is 250 g/mol. The van der Waals surface area contributed by atoms with E-state index in [1.54, 1.807) is 11.0 Å². The first-order valence-electron chi connectivity index (χ1n) is 6.24. The number of amides is 1. The van der Waals surface area contributed by atoms with Gasteiger partial charge >= 0.3 is 0 Å². The molecule has 5 heteroatoms. The minimum absolute atomic E-state index is 0.0847. The number of piperidine rings is 1. The maximum Gasteiger partial charge on any atom is 0.289 e. The topological polar surface area (TPSA) is 66.0 Å². The van der Waals surface area contributed by atoms with Gasteiger partial charge in [-0.15, -0.1) is 0 Å².